The molecule has 0 saturated carbocycles. The Kier molecular flexibility index (Phi) is 5.66. The summed E-state index contributed by atoms with van der Waals surface area (Å²) in [6, 6.07) is 0. The lowest BCUT2D eigenvalue weighted by atomic mass is 10.1. The Morgan fingerprint density at radius 3 is 2.53 bits per heavy atom. The molecule has 1 amide bonds. The van der Waals surface area contributed by atoms with E-state index >= 15 is 0 Å². The number of nitrogens with zero attached hydrogens (tertiary/aromatic N) is 2. The number of ether oxygens (including phenoxy) is 1. The Bertz CT molecular complexity index is 298. The Morgan fingerprint density at radius 1 is 1.32 bits per heavy atom. The van der Waals surface area contributed by atoms with Gasteiger partial charge in [0.15, 0.2) is 0 Å². The minimum absolute atomic E-state index is 0.0442. The number of hydrogen-bond acceptors (Lipinski definition) is 3. The third kappa shape index (κ3) is 4.17. The van der Waals surface area contributed by atoms with E-state index in [1.54, 1.807) is 0 Å². The number of piperazine rings is 1. The largest absolute Gasteiger partial charge is 0.377 e. The van der Waals surface area contributed by atoms with Crippen LogP contribution in [0.1, 0.15) is 26.7 Å². The third-order valence-corrected chi connectivity index (χ3v) is 5.44. The molecule has 0 aliphatic carbocycles. The molecule has 2 heterocycles. The second-order valence-electron chi connectivity index (χ2n) is 5.91. The van der Waals surface area contributed by atoms with Gasteiger partial charge in [-0.15, -0.1) is 0 Å². The van der Waals surface area contributed by atoms with E-state index < -0.39 is 0 Å². The minimum atomic E-state index is -0.0442. The zero-order valence-corrected chi connectivity index (χ0v) is 13.6. The summed E-state index contributed by atoms with van der Waals surface area (Å²) in [5, 5.41) is 0. The molecule has 2 saturated heterocycles. The van der Waals surface area contributed by atoms with Gasteiger partial charge < -0.3 is 9.64 Å². The van der Waals surface area contributed by atoms with Crippen molar-refractivity contribution in [1.29, 1.82) is 0 Å². The van der Waals surface area contributed by atoms with E-state index in [1.807, 2.05) is 4.90 Å². The molecule has 2 unspecified atom stereocenters. The van der Waals surface area contributed by atoms with Crippen molar-refractivity contribution in [1.82, 2.24) is 9.80 Å². The van der Waals surface area contributed by atoms with Gasteiger partial charge in [0.2, 0.25) is 5.91 Å². The molecule has 2 fully saturated rings. The maximum absolute atomic E-state index is 12.2. The van der Waals surface area contributed by atoms with Gasteiger partial charge in [-0.3, -0.25) is 9.69 Å². The van der Waals surface area contributed by atoms with Crippen molar-refractivity contribution in [2.24, 2.45) is 5.92 Å². The van der Waals surface area contributed by atoms with E-state index in [0.717, 1.165) is 39.3 Å². The lowest BCUT2D eigenvalue weighted by Crippen LogP contribution is -2.52. The smallest absolute Gasteiger partial charge is 0.236 e. The monoisotopic (exact) mass is 332 g/mol. The lowest BCUT2D eigenvalue weighted by molar-refractivity contribution is -0.133. The van der Waals surface area contributed by atoms with Crippen LogP contribution in [-0.2, 0) is 9.53 Å². The number of alkyl halides is 1. The number of carbonyl (C=O) groups excluding carboxylic acids is 1. The maximum Gasteiger partial charge on any atom is 0.236 e. The summed E-state index contributed by atoms with van der Waals surface area (Å²) in [7, 11) is 0. The van der Waals surface area contributed by atoms with Crippen LogP contribution in [0.15, 0.2) is 0 Å². The molecule has 0 bridgehead atoms. The third-order valence-electron chi connectivity index (χ3n) is 3.99. The number of amides is 1. The SMILES string of the molecule is CC(C)C(Br)C(=O)N1CCN(CC2CCCO2)CC1. The molecule has 0 aromatic rings. The standard InChI is InChI=1S/C14H25BrN2O2/c1-11(2)13(15)14(18)17-7-5-16(6-8-17)10-12-4-3-9-19-12/h11-13H,3-10H2,1-2H3. The summed E-state index contributed by atoms with van der Waals surface area (Å²) in [5.74, 6) is 0.587. The zero-order valence-electron chi connectivity index (χ0n) is 12.0. The topological polar surface area (TPSA) is 32.8 Å². The van der Waals surface area contributed by atoms with Gasteiger partial charge in [0, 0.05) is 39.3 Å². The first kappa shape index (κ1) is 15.3. The molecule has 110 valence electrons. The molecule has 0 radical (unpaired) electrons. The van der Waals surface area contributed by atoms with Crippen LogP contribution in [0.2, 0.25) is 0 Å². The van der Waals surface area contributed by atoms with Gasteiger partial charge in [0.25, 0.3) is 0 Å². The van der Waals surface area contributed by atoms with Gasteiger partial charge in [0.05, 0.1) is 10.9 Å². The quantitative estimate of drug-likeness (QED) is 0.735. The first-order chi connectivity index (χ1) is 9.08. The van der Waals surface area contributed by atoms with Crippen LogP contribution in [0.25, 0.3) is 0 Å². The number of halogens is 1. The summed E-state index contributed by atoms with van der Waals surface area (Å²) < 4.78 is 5.67. The Hall–Kier alpha value is -0.130. The summed E-state index contributed by atoms with van der Waals surface area (Å²) in [6.45, 7) is 9.75. The van der Waals surface area contributed by atoms with Crippen molar-refractivity contribution in [3.8, 4) is 0 Å². The highest BCUT2D eigenvalue weighted by molar-refractivity contribution is 9.10. The van der Waals surface area contributed by atoms with Gasteiger partial charge in [0.1, 0.15) is 0 Å². The molecule has 2 rings (SSSR count). The summed E-state index contributed by atoms with van der Waals surface area (Å²) >= 11 is 3.50. The van der Waals surface area contributed by atoms with Crippen molar-refractivity contribution in [3.05, 3.63) is 0 Å². The molecule has 2 aliphatic rings. The van der Waals surface area contributed by atoms with E-state index in [4.69, 9.17) is 4.74 Å². The molecule has 2 aliphatic heterocycles. The Morgan fingerprint density at radius 2 is 2.00 bits per heavy atom. The second-order valence-corrected chi connectivity index (χ2v) is 6.89. The van der Waals surface area contributed by atoms with E-state index in [-0.39, 0.29) is 10.7 Å². The summed E-state index contributed by atoms with van der Waals surface area (Å²) in [6.07, 6.45) is 2.81. The predicted octanol–water partition coefficient (Wildman–Crippen LogP) is 1.73. The van der Waals surface area contributed by atoms with Crippen molar-refractivity contribution in [2.45, 2.75) is 37.6 Å². The molecule has 0 N–H and O–H groups in total. The highest BCUT2D eigenvalue weighted by Crippen LogP contribution is 2.18. The van der Waals surface area contributed by atoms with Crippen molar-refractivity contribution >= 4 is 21.8 Å². The van der Waals surface area contributed by atoms with Crippen molar-refractivity contribution in [2.75, 3.05) is 39.3 Å². The first-order valence-electron chi connectivity index (χ1n) is 7.34. The van der Waals surface area contributed by atoms with E-state index in [0.29, 0.717) is 12.0 Å². The second kappa shape index (κ2) is 7.04. The van der Waals surface area contributed by atoms with E-state index in [9.17, 15) is 4.79 Å². The highest BCUT2D eigenvalue weighted by Gasteiger charge is 2.28. The Balaban J connectivity index is 1.74. The van der Waals surface area contributed by atoms with Crippen LogP contribution in [0.5, 0.6) is 0 Å². The van der Waals surface area contributed by atoms with Gasteiger partial charge in [-0.1, -0.05) is 29.8 Å². The predicted molar refractivity (Wildman–Crippen MR) is 79.5 cm³/mol. The van der Waals surface area contributed by atoms with Crippen LogP contribution in [-0.4, -0.2) is 66.0 Å². The van der Waals surface area contributed by atoms with Crippen molar-refractivity contribution < 1.29 is 9.53 Å². The molecular weight excluding hydrogens is 308 g/mol. The van der Waals surface area contributed by atoms with Crippen molar-refractivity contribution in [3.63, 3.8) is 0 Å². The minimum Gasteiger partial charge on any atom is -0.377 e. The number of carbonyl (C=O) groups is 1. The van der Waals surface area contributed by atoms with Crippen LogP contribution < -0.4 is 0 Å². The molecule has 19 heavy (non-hydrogen) atoms. The van der Waals surface area contributed by atoms with Crippen LogP contribution >= 0.6 is 15.9 Å². The fourth-order valence-electron chi connectivity index (χ4n) is 2.69. The average molecular weight is 333 g/mol. The molecule has 0 spiro atoms. The summed E-state index contributed by atoms with van der Waals surface area (Å²) in [4.78, 5) is 16.6. The van der Waals surface area contributed by atoms with Gasteiger partial charge in [-0.25, -0.2) is 0 Å². The fraction of sp³-hybridized carbons (Fsp3) is 0.929. The molecule has 0 aromatic carbocycles. The zero-order chi connectivity index (χ0) is 13.8. The molecule has 0 aromatic heterocycles. The Labute approximate surface area is 124 Å². The van der Waals surface area contributed by atoms with Crippen LogP contribution in [0.3, 0.4) is 0 Å². The van der Waals surface area contributed by atoms with Gasteiger partial charge in [-0.2, -0.15) is 0 Å². The molecule has 5 heteroatoms. The summed E-state index contributed by atoms with van der Waals surface area (Å²) in [5.41, 5.74) is 0. The molecule has 2 atom stereocenters. The van der Waals surface area contributed by atoms with Gasteiger partial charge >= 0.3 is 0 Å². The first-order valence-corrected chi connectivity index (χ1v) is 8.26. The average Bonchev–Trinajstić information content (AvgIpc) is 2.90. The lowest BCUT2D eigenvalue weighted by Gasteiger charge is -2.37. The maximum atomic E-state index is 12.2. The molecule has 4 nitrogen and oxygen atoms in total. The number of hydrogen-bond donors (Lipinski definition) is 0. The van der Waals surface area contributed by atoms with E-state index in [2.05, 4.69) is 34.7 Å². The normalized spacial score (nSPS) is 26.9. The number of rotatable bonds is 4. The van der Waals surface area contributed by atoms with Crippen LogP contribution in [0.4, 0.5) is 0 Å². The van der Waals surface area contributed by atoms with Crippen LogP contribution in [0, 0.1) is 5.92 Å². The fourth-order valence-corrected chi connectivity index (χ4v) is 2.98. The molecular formula is C14H25BrN2O2. The highest BCUT2D eigenvalue weighted by atomic mass is 79.9. The van der Waals surface area contributed by atoms with Gasteiger partial charge in [-0.05, 0) is 18.8 Å². The van der Waals surface area contributed by atoms with E-state index in [1.165, 1.54) is 12.8 Å².